The summed E-state index contributed by atoms with van der Waals surface area (Å²) in [5.41, 5.74) is 1.09. The lowest BCUT2D eigenvalue weighted by molar-refractivity contribution is -0.141. The van der Waals surface area contributed by atoms with Crippen LogP contribution in [0.15, 0.2) is 11.2 Å². The highest BCUT2D eigenvalue weighted by atomic mass is 32.2. The second-order valence-electron chi connectivity index (χ2n) is 7.68. The monoisotopic (exact) mass is 443 g/mol. The number of ether oxygens (including phenoxy) is 1. The van der Waals surface area contributed by atoms with E-state index in [2.05, 4.69) is 19.7 Å². The first-order valence-electron chi connectivity index (χ1n) is 9.91. The third kappa shape index (κ3) is 4.51. The van der Waals surface area contributed by atoms with Crippen LogP contribution in [0.3, 0.4) is 0 Å². The smallest absolute Gasteiger partial charge is 0.378 e. The molecule has 2 aromatic rings. The van der Waals surface area contributed by atoms with E-state index < -0.39 is 12.7 Å². The van der Waals surface area contributed by atoms with Gasteiger partial charge in [0, 0.05) is 36.1 Å². The van der Waals surface area contributed by atoms with Gasteiger partial charge in [-0.15, -0.1) is 10.2 Å². The van der Waals surface area contributed by atoms with E-state index in [-0.39, 0.29) is 11.5 Å². The number of thioether (sulfide) groups is 1. The van der Waals surface area contributed by atoms with Gasteiger partial charge < -0.3 is 14.2 Å². The number of hydrogen-bond donors (Lipinski definition) is 0. The summed E-state index contributed by atoms with van der Waals surface area (Å²) in [4.78, 5) is 14.9. The van der Waals surface area contributed by atoms with Gasteiger partial charge in [-0.05, 0) is 32.8 Å². The number of Topliss-reactive ketones (excluding diaryl/α,β-unsaturated/α-hetero) is 1. The summed E-state index contributed by atoms with van der Waals surface area (Å²) >= 11 is 1.29. The van der Waals surface area contributed by atoms with Gasteiger partial charge in [0.2, 0.25) is 5.95 Å². The topological polar surface area (TPSA) is 65.2 Å². The lowest BCUT2D eigenvalue weighted by Gasteiger charge is -2.27. The van der Waals surface area contributed by atoms with Crippen LogP contribution in [0.5, 0.6) is 0 Å². The van der Waals surface area contributed by atoms with Crippen LogP contribution in [0.1, 0.15) is 40.6 Å². The SMILES string of the molecule is Cc1cc(C(=O)CSc2nnc(N3CCOCC3)n2C2CC2)c(C)n1CC(F)(F)F. The molecule has 2 aliphatic rings. The molecular formula is C19H24F3N5O2S. The molecule has 1 saturated carbocycles. The van der Waals surface area contributed by atoms with Crippen molar-refractivity contribution in [2.45, 2.75) is 50.6 Å². The van der Waals surface area contributed by atoms with Gasteiger partial charge >= 0.3 is 6.18 Å². The molecule has 0 N–H and O–H groups in total. The first kappa shape index (κ1) is 21.2. The van der Waals surface area contributed by atoms with E-state index in [1.54, 1.807) is 13.8 Å². The van der Waals surface area contributed by atoms with Gasteiger partial charge in [-0.2, -0.15) is 13.2 Å². The molecule has 164 valence electrons. The molecule has 30 heavy (non-hydrogen) atoms. The van der Waals surface area contributed by atoms with Crippen molar-refractivity contribution >= 4 is 23.5 Å². The molecule has 0 bridgehead atoms. The molecule has 2 fully saturated rings. The highest BCUT2D eigenvalue weighted by Crippen LogP contribution is 2.41. The largest absolute Gasteiger partial charge is 0.406 e. The van der Waals surface area contributed by atoms with Gasteiger partial charge in [0.1, 0.15) is 6.54 Å². The van der Waals surface area contributed by atoms with Gasteiger partial charge in [0.15, 0.2) is 10.9 Å². The van der Waals surface area contributed by atoms with Gasteiger partial charge in [-0.25, -0.2) is 0 Å². The summed E-state index contributed by atoms with van der Waals surface area (Å²) in [6.45, 7) is 4.84. The molecule has 0 radical (unpaired) electrons. The Morgan fingerprint density at radius 1 is 1.23 bits per heavy atom. The van der Waals surface area contributed by atoms with Crippen LogP contribution in [0.25, 0.3) is 0 Å². The van der Waals surface area contributed by atoms with E-state index in [0.29, 0.717) is 41.4 Å². The zero-order valence-electron chi connectivity index (χ0n) is 16.9. The number of halogens is 3. The summed E-state index contributed by atoms with van der Waals surface area (Å²) in [5, 5.41) is 9.33. The van der Waals surface area contributed by atoms with E-state index in [1.165, 1.54) is 17.8 Å². The molecule has 2 aromatic heterocycles. The Hall–Kier alpha value is -2.01. The zero-order valence-corrected chi connectivity index (χ0v) is 17.7. The first-order chi connectivity index (χ1) is 14.2. The van der Waals surface area contributed by atoms with Gasteiger partial charge in [-0.1, -0.05) is 11.8 Å². The minimum absolute atomic E-state index is 0.101. The molecule has 1 aliphatic heterocycles. The second kappa shape index (κ2) is 8.26. The summed E-state index contributed by atoms with van der Waals surface area (Å²) in [6.07, 6.45) is -2.23. The van der Waals surface area contributed by atoms with Gasteiger partial charge in [0.25, 0.3) is 0 Å². The van der Waals surface area contributed by atoms with Crippen LogP contribution in [0, 0.1) is 13.8 Å². The molecule has 11 heteroatoms. The van der Waals surface area contributed by atoms with Crippen molar-refractivity contribution in [2.75, 3.05) is 37.0 Å². The number of carbonyl (C=O) groups is 1. The quantitative estimate of drug-likeness (QED) is 0.483. The fraction of sp³-hybridized carbons (Fsp3) is 0.632. The molecule has 1 aliphatic carbocycles. The Morgan fingerprint density at radius 3 is 2.57 bits per heavy atom. The second-order valence-corrected chi connectivity index (χ2v) is 8.62. The third-order valence-corrected chi connectivity index (χ3v) is 6.34. The number of aromatic nitrogens is 4. The lowest BCUT2D eigenvalue weighted by Crippen LogP contribution is -2.38. The summed E-state index contributed by atoms with van der Waals surface area (Å²) in [6, 6.07) is 1.88. The number of rotatable bonds is 7. The maximum Gasteiger partial charge on any atom is 0.406 e. The van der Waals surface area contributed by atoms with Crippen LogP contribution in [-0.4, -0.2) is 63.3 Å². The number of aryl methyl sites for hydroxylation is 1. The predicted molar refractivity (Wildman–Crippen MR) is 106 cm³/mol. The molecule has 0 spiro atoms. The molecule has 7 nitrogen and oxygen atoms in total. The van der Waals surface area contributed by atoms with Crippen LogP contribution in [0.2, 0.25) is 0 Å². The Bertz CT molecular complexity index is 929. The molecule has 0 unspecified atom stereocenters. The zero-order chi connectivity index (χ0) is 21.5. The molecule has 0 aromatic carbocycles. The standard InChI is InChI=1S/C19H24F3N5O2S/c1-12-9-15(13(2)26(12)11-19(20,21)22)16(28)10-30-18-24-23-17(27(18)14-3-4-14)25-5-7-29-8-6-25/h9,14H,3-8,10-11H2,1-2H3. The fourth-order valence-corrected chi connectivity index (χ4v) is 4.60. The van der Waals surface area contributed by atoms with E-state index >= 15 is 0 Å². The van der Waals surface area contributed by atoms with Crippen molar-refractivity contribution in [1.82, 2.24) is 19.3 Å². The average molecular weight is 443 g/mol. The van der Waals surface area contributed by atoms with Crippen molar-refractivity contribution < 1.29 is 22.7 Å². The van der Waals surface area contributed by atoms with Crippen LogP contribution >= 0.6 is 11.8 Å². The number of alkyl halides is 3. The molecule has 1 saturated heterocycles. The summed E-state index contributed by atoms with van der Waals surface area (Å²) in [7, 11) is 0. The van der Waals surface area contributed by atoms with Crippen molar-refractivity contribution in [3.8, 4) is 0 Å². The van der Waals surface area contributed by atoms with Crippen LogP contribution < -0.4 is 4.90 Å². The highest BCUT2D eigenvalue weighted by molar-refractivity contribution is 7.99. The number of anilines is 1. The summed E-state index contributed by atoms with van der Waals surface area (Å²) in [5.74, 6) is 0.698. The Labute approximate surface area is 176 Å². The van der Waals surface area contributed by atoms with Crippen molar-refractivity contribution in [3.05, 3.63) is 23.0 Å². The number of nitrogens with zero attached hydrogens (tertiary/aromatic N) is 5. The van der Waals surface area contributed by atoms with E-state index in [1.807, 2.05) is 0 Å². The fourth-order valence-electron chi connectivity index (χ4n) is 3.71. The number of carbonyl (C=O) groups excluding carboxylic acids is 1. The minimum atomic E-state index is -4.33. The summed E-state index contributed by atoms with van der Waals surface area (Å²) < 4.78 is 47.1. The Morgan fingerprint density at radius 2 is 1.93 bits per heavy atom. The number of hydrogen-bond acceptors (Lipinski definition) is 6. The molecule has 0 amide bonds. The maximum atomic E-state index is 12.8. The van der Waals surface area contributed by atoms with Crippen LogP contribution in [0.4, 0.5) is 19.1 Å². The molecule has 3 heterocycles. The Balaban J connectivity index is 1.48. The van der Waals surface area contributed by atoms with Crippen molar-refractivity contribution in [2.24, 2.45) is 0 Å². The van der Waals surface area contributed by atoms with Crippen molar-refractivity contribution in [1.29, 1.82) is 0 Å². The molecule has 0 atom stereocenters. The van der Waals surface area contributed by atoms with Crippen molar-refractivity contribution in [3.63, 3.8) is 0 Å². The van der Waals surface area contributed by atoms with Gasteiger partial charge in [-0.3, -0.25) is 9.36 Å². The van der Waals surface area contributed by atoms with E-state index in [9.17, 15) is 18.0 Å². The van der Waals surface area contributed by atoms with E-state index in [0.717, 1.165) is 36.4 Å². The first-order valence-corrected chi connectivity index (χ1v) is 10.9. The minimum Gasteiger partial charge on any atom is -0.378 e. The predicted octanol–water partition coefficient (Wildman–Crippen LogP) is 3.41. The number of ketones is 1. The maximum absolute atomic E-state index is 12.8. The Kier molecular flexibility index (Phi) is 5.84. The molecule has 4 rings (SSSR count). The molecular weight excluding hydrogens is 419 g/mol. The van der Waals surface area contributed by atoms with Gasteiger partial charge in [0.05, 0.1) is 19.0 Å². The lowest BCUT2D eigenvalue weighted by atomic mass is 10.2. The highest BCUT2D eigenvalue weighted by Gasteiger charge is 2.33. The number of morpholine rings is 1. The van der Waals surface area contributed by atoms with E-state index in [4.69, 9.17) is 4.74 Å². The average Bonchev–Trinajstić information content (AvgIpc) is 3.40. The van der Waals surface area contributed by atoms with Crippen LogP contribution in [-0.2, 0) is 11.3 Å². The third-order valence-electron chi connectivity index (χ3n) is 5.40. The normalized spacial score (nSPS) is 17.6.